The molecule has 4 heteroatoms. The highest BCUT2D eigenvalue weighted by Gasteiger charge is 2.12. The smallest absolute Gasteiger partial charge is 0.128 e. The Hall–Kier alpha value is -1.55. The zero-order valence-electron chi connectivity index (χ0n) is 11.1. The molecule has 0 N–H and O–H groups in total. The molecular formula is C14H17NO2S. The lowest BCUT2D eigenvalue weighted by Gasteiger charge is -2.08. The first-order valence-electron chi connectivity index (χ1n) is 5.83. The molecule has 18 heavy (non-hydrogen) atoms. The molecule has 0 aliphatic rings. The van der Waals surface area contributed by atoms with Crippen LogP contribution in [0.2, 0.25) is 0 Å². The van der Waals surface area contributed by atoms with E-state index in [1.54, 1.807) is 25.6 Å². The highest BCUT2D eigenvalue weighted by atomic mass is 32.1. The molecule has 0 saturated carbocycles. The molecule has 0 fully saturated rings. The SMILES string of the molecule is COc1ccc(OC)c(-c2csc(C(C)C)n2)c1. The molecule has 0 bridgehead atoms. The number of aromatic nitrogens is 1. The van der Waals surface area contributed by atoms with Gasteiger partial charge in [0.1, 0.15) is 11.5 Å². The van der Waals surface area contributed by atoms with E-state index in [1.165, 1.54) is 0 Å². The summed E-state index contributed by atoms with van der Waals surface area (Å²) in [6, 6.07) is 5.75. The number of methoxy groups -OCH3 is 2. The molecule has 3 nitrogen and oxygen atoms in total. The van der Waals surface area contributed by atoms with Gasteiger partial charge in [-0.05, 0) is 18.2 Å². The summed E-state index contributed by atoms with van der Waals surface area (Å²) in [6.45, 7) is 4.29. The summed E-state index contributed by atoms with van der Waals surface area (Å²) in [5.41, 5.74) is 1.92. The van der Waals surface area contributed by atoms with Crippen LogP contribution in [0.4, 0.5) is 0 Å². The predicted molar refractivity (Wildman–Crippen MR) is 74.7 cm³/mol. The van der Waals surface area contributed by atoms with Gasteiger partial charge in [0.15, 0.2) is 0 Å². The third kappa shape index (κ3) is 2.48. The summed E-state index contributed by atoms with van der Waals surface area (Å²) >= 11 is 1.68. The van der Waals surface area contributed by atoms with Crippen molar-refractivity contribution < 1.29 is 9.47 Å². The molecule has 0 spiro atoms. The van der Waals surface area contributed by atoms with E-state index >= 15 is 0 Å². The van der Waals surface area contributed by atoms with Crippen LogP contribution in [0.3, 0.4) is 0 Å². The molecule has 0 amide bonds. The van der Waals surface area contributed by atoms with Crippen LogP contribution in [0.25, 0.3) is 11.3 Å². The van der Waals surface area contributed by atoms with Crippen molar-refractivity contribution in [3.05, 3.63) is 28.6 Å². The molecule has 1 aromatic heterocycles. The molecule has 0 aliphatic heterocycles. The lowest BCUT2D eigenvalue weighted by Crippen LogP contribution is -1.91. The summed E-state index contributed by atoms with van der Waals surface area (Å²) in [5, 5.41) is 3.20. The minimum absolute atomic E-state index is 0.445. The van der Waals surface area contributed by atoms with Crippen LogP contribution in [0.15, 0.2) is 23.6 Å². The van der Waals surface area contributed by atoms with Crippen molar-refractivity contribution in [2.45, 2.75) is 19.8 Å². The summed E-state index contributed by atoms with van der Waals surface area (Å²) < 4.78 is 10.6. The van der Waals surface area contributed by atoms with Gasteiger partial charge in [-0.15, -0.1) is 11.3 Å². The van der Waals surface area contributed by atoms with E-state index < -0.39 is 0 Å². The van der Waals surface area contributed by atoms with Crippen molar-refractivity contribution in [1.29, 1.82) is 0 Å². The van der Waals surface area contributed by atoms with Gasteiger partial charge >= 0.3 is 0 Å². The molecule has 1 heterocycles. The second kappa shape index (κ2) is 5.40. The highest BCUT2D eigenvalue weighted by molar-refractivity contribution is 7.10. The van der Waals surface area contributed by atoms with Gasteiger partial charge in [0.25, 0.3) is 0 Å². The molecular weight excluding hydrogens is 246 g/mol. The molecule has 0 saturated heterocycles. The maximum absolute atomic E-state index is 5.38. The number of hydrogen-bond acceptors (Lipinski definition) is 4. The lowest BCUT2D eigenvalue weighted by molar-refractivity contribution is 0.404. The zero-order chi connectivity index (χ0) is 13.1. The van der Waals surface area contributed by atoms with Crippen LogP contribution >= 0.6 is 11.3 Å². The standard InChI is InChI=1S/C14H17NO2S/c1-9(2)14-15-12(8-18-14)11-7-10(16-3)5-6-13(11)17-4/h5-9H,1-4H3. The predicted octanol–water partition coefficient (Wildman–Crippen LogP) is 3.95. The van der Waals surface area contributed by atoms with E-state index in [1.807, 2.05) is 18.2 Å². The van der Waals surface area contributed by atoms with Crippen LogP contribution in [-0.4, -0.2) is 19.2 Å². The Bertz CT molecular complexity index is 534. The number of rotatable bonds is 4. The van der Waals surface area contributed by atoms with E-state index in [4.69, 9.17) is 9.47 Å². The molecule has 0 atom stereocenters. The van der Waals surface area contributed by atoms with Crippen molar-refractivity contribution >= 4 is 11.3 Å². The van der Waals surface area contributed by atoms with Crippen LogP contribution in [-0.2, 0) is 0 Å². The van der Waals surface area contributed by atoms with E-state index in [2.05, 4.69) is 24.2 Å². The number of benzene rings is 1. The lowest BCUT2D eigenvalue weighted by atomic mass is 10.1. The summed E-state index contributed by atoms with van der Waals surface area (Å²) in [6.07, 6.45) is 0. The van der Waals surface area contributed by atoms with Crippen molar-refractivity contribution in [3.63, 3.8) is 0 Å². The fraction of sp³-hybridized carbons (Fsp3) is 0.357. The Morgan fingerprint density at radius 1 is 1.17 bits per heavy atom. The summed E-state index contributed by atoms with van der Waals surface area (Å²) in [4.78, 5) is 4.65. The quantitative estimate of drug-likeness (QED) is 0.837. The fourth-order valence-electron chi connectivity index (χ4n) is 1.69. The molecule has 1 aromatic carbocycles. The fourth-order valence-corrected chi connectivity index (χ4v) is 2.53. The van der Waals surface area contributed by atoms with Gasteiger partial charge in [-0.25, -0.2) is 4.98 Å². The Morgan fingerprint density at radius 2 is 1.94 bits per heavy atom. The molecule has 0 unspecified atom stereocenters. The summed E-state index contributed by atoms with van der Waals surface area (Å²) in [5.74, 6) is 2.07. The maximum atomic E-state index is 5.38. The van der Waals surface area contributed by atoms with Gasteiger partial charge in [-0.3, -0.25) is 0 Å². The number of ether oxygens (including phenoxy) is 2. The molecule has 2 rings (SSSR count). The molecule has 0 radical (unpaired) electrons. The minimum Gasteiger partial charge on any atom is -0.497 e. The largest absolute Gasteiger partial charge is 0.497 e. The third-order valence-corrected chi connectivity index (χ3v) is 3.84. The Balaban J connectivity index is 2.46. The number of nitrogens with zero attached hydrogens (tertiary/aromatic N) is 1. The van der Waals surface area contributed by atoms with Gasteiger partial charge in [-0.1, -0.05) is 13.8 Å². The van der Waals surface area contributed by atoms with Crippen molar-refractivity contribution in [2.75, 3.05) is 14.2 Å². The van der Waals surface area contributed by atoms with Crippen LogP contribution < -0.4 is 9.47 Å². The van der Waals surface area contributed by atoms with Gasteiger partial charge in [0.05, 0.1) is 24.9 Å². The first-order valence-corrected chi connectivity index (χ1v) is 6.71. The van der Waals surface area contributed by atoms with Gasteiger partial charge in [-0.2, -0.15) is 0 Å². The monoisotopic (exact) mass is 263 g/mol. The van der Waals surface area contributed by atoms with E-state index in [9.17, 15) is 0 Å². The Morgan fingerprint density at radius 3 is 2.50 bits per heavy atom. The van der Waals surface area contributed by atoms with E-state index in [-0.39, 0.29) is 0 Å². The average Bonchev–Trinajstić information content (AvgIpc) is 2.87. The Kier molecular flexibility index (Phi) is 3.87. The maximum Gasteiger partial charge on any atom is 0.128 e. The first-order chi connectivity index (χ1) is 8.65. The first kappa shape index (κ1) is 12.9. The van der Waals surface area contributed by atoms with Crippen LogP contribution in [0, 0.1) is 0 Å². The normalized spacial score (nSPS) is 10.7. The third-order valence-electron chi connectivity index (χ3n) is 2.70. The number of thiazole rings is 1. The molecule has 2 aromatic rings. The minimum atomic E-state index is 0.445. The van der Waals surface area contributed by atoms with Crippen LogP contribution in [0.1, 0.15) is 24.8 Å². The Labute approximate surface area is 111 Å². The van der Waals surface area contributed by atoms with Crippen molar-refractivity contribution in [2.24, 2.45) is 0 Å². The van der Waals surface area contributed by atoms with E-state index in [0.717, 1.165) is 27.8 Å². The second-order valence-corrected chi connectivity index (χ2v) is 5.18. The zero-order valence-corrected chi connectivity index (χ0v) is 11.9. The summed E-state index contributed by atoms with van der Waals surface area (Å²) in [7, 11) is 3.33. The van der Waals surface area contributed by atoms with E-state index in [0.29, 0.717) is 5.92 Å². The van der Waals surface area contributed by atoms with Crippen molar-refractivity contribution in [3.8, 4) is 22.8 Å². The van der Waals surface area contributed by atoms with Crippen molar-refractivity contribution in [1.82, 2.24) is 4.98 Å². The van der Waals surface area contributed by atoms with Gasteiger partial charge in [0.2, 0.25) is 0 Å². The second-order valence-electron chi connectivity index (χ2n) is 4.29. The van der Waals surface area contributed by atoms with Gasteiger partial charge < -0.3 is 9.47 Å². The van der Waals surface area contributed by atoms with Gasteiger partial charge in [0, 0.05) is 16.9 Å². The highest BCUT2D eigenvalue weighted by Crippen LogP contribution is 2.35. The molecule has 0 aliphatic carbocycles. The molecule has 96 valence electrons. The number of hydrogen-bond donors (Lipinski definition) is 0. The van der Waals surface area contributed by atoms with Crippen LogP contribution in [0.5, 0.6) is 11.5 Å². The average molecular weight is 263 g/mol. The topological polar surface area (TPSA) is 31.4 Å².